The van der Waals surface area contributed by atoms with Crippen molar-refractivity contribution in [2.75, 3.05) is 0 Å². The fourth-order valence-corrected chi connectivity index (χ4v) is 1.55. The van der Waals surface area contributed by atoms with Crippen molar-refractivity contribution in [1.29, 1.82) is 0 Å². The second kappa shape index (κ2) is 4.87. The molecule has 3 heteroatoms. The third-order valence-electron chi connectivity index (χ3n) is 2.69. The molecule has 1 heterocycles. The molecule has 2 aromatic rings. The van der Waals surface area contributed by atoms with E-state index >= 15 is 0 Å². The van der Waals surface area contributed by atoms with Crippen molar-refractivity contribution in [3.05, 3.63) is 59.0 Å². The van der Waals surface area contributed by atoms with E-state index in [0.717, 1.165) is 16.9 Å². The van der Waals surface area contributed by atoms with E-state index in [-0.39, 0.29) is 5.91 Å². The van der Waals surface area contributed by atoms with E-state index in [1.807, 2.05) is 44.2 Å². The molecule has 0 aliphatic heterocycles. The summed E-state index contributed by atoms with van der Waals surface area (Å²) in [5, 5.41) is 2.83. The number of nitrogens with one attached hydrogen (secondary N) is 1. The van der Waals surface area contributed by atoms with Gasteiger partial charge in [0.1, 0.15) is 5.76 Å². The van der Waals surface area contributed by atoms with Crippen LogP contribution in [0.25, 0.3) is 0 Å². The maximum atomic E-state index is 11.8. The summed E-state index contributed by atoms with van der Waals surface area (Å²) in [5.74, 6) is 0.714. The van der Waals surface area contributed by atoms with E-state index in [4.69, 9.17) is 4.42 Å². The largest absolute Gasteiger partial charge is 0.467 e. The average Bonchev–Trinajstić information content (AvgIpc) is 2.73. The van der Waals surface area contributed by atoms with Crippen LogP contribution in [0.5, 0.6) is 0 Å². The predicted octanol–water partition coefficient (Wildman–Crippen LogP) is 2.83. The van der Waals surface area contributed by atoms with Crippen LogP contribution in [0.1, 0.15) is 27.2 Å². The van der Waals surface area contributed by atoms with Crippen LogP contribution in [0.2, 0.25) is 0 Å². The van der Waals surface area contributed by atoms with Crippen LogP contribution in [-0.2, 0) is 6.54 Å². The predicted molar refractivity (Wildman–Crippen MR) is 65.8 cm³/mol. The van der Waals surface area contributed by atoms with Crippen molar-refractivity contribution in [2.45, 2.75) is 20.4 Å². The lowest BCUT2D eigenvalue weighted by molar-refractivity contribution is 0.0948. The molecular formula is C14H15NO2. The molecule has 1 aromatic carbocycles. The topological polar surface area (TPSA) is 42.2 Å². The van der Waals surface area contributed by atoms with Crippen molar-refractivity contribution < 1.29 is 9.21 Å². The van der Waals surface area contributed by atoms with Gasteiger partial charge in [-0.2, -0.15) is 0 Å². The highest BCUT2D eigenvalue weighted by atomic mass is 16.3. The van der Waals surface area contributed by atoms with Gasteiger partial charge < -0.3 is 9.73 Å². The SMILES string of the molecule is Cc1ccc(C(=O)NCc2occc2C)cc1. The zero-order chi connectivity index (χ0) is 12.3. The first-order valence-corrected chi connectivity index (χ1v) is 5.54. The van der Waals surface area contributed by atoms with Crippen LogP contribution in [0.3, 0.4) is 0 Å². The van der Waals surface area contributed by atoms with Gasteiger partial charge in [0.25, 0.3) is 5.91 Å². The Kier molecular flexibility index (Phi) is 3.28. The molecule has 0 aliphatic carbocycles. The Morgan fingerprint density at radius 1 is 1.18 bits per heavy atom. The van der Waals surface area contributed by atoms with E-state index in [9.17, 15) is 4.79 Å². The summed E-state index contributed by atoms with van der Waals surface area (Å²) in [6, 6.07) is 9.37. The van der Waals surface area contributed by atoms with Crippen LogP contribution >= 0.6 is 0 Å². The molecule has 0 radical (unpaired) electrons. The zero-order valence-corrected chi connectivity index (χ0v) is 9.99. The second-order valence-electron chi connectivity index (χ2n) is 4.08. The first kappa shape index (κ1) is 11.5. The van der Waals surface area contributed by atoms with Crippen LogP contribution in [-0.4, -0.2) is 5.91 Å². The minimum atomic E-state index is -0.0826. The lowest BCUT2D eigenvalue weighted by Crippen LogP contribution is -2.22. The first-order chi connectivity index (χ1) is 8.16. The minimum Gasteiger partial charge on any atom is -0.467 e. The molecule has 0 aliphatic rings. The summed E-state index contributed by atoms with van der Waals surface area (Å²) in [4.78, 5) is 11.8. The van der Waals surface area contributed by atoms with Crippen molar-refractivity contribution in [2.24, 2.45) is 0 Å². The normalized spacial score (nSPS) is 10.2. The van der Waals surface area contributed by atoms with E-state index in [1.165, 1.54) is 0 Å². The van der Waals surface area contributed by atoms with Crippen LogP contribution < -0.4 is 5.32 Å². The van der Waals surface area contributed by atoms with Crippen molar-refractivity contribution in [3.8, 4) is 0 Å². The van der Waals surface area contributed by atoms with Crippen molar-refractivity contribution >= 4 is 5.91 Å². The summed E-state index contributed by atoms with van der Waals surface area (Å²) in [5.41, 5.74) is 2.86. The highest BCUT2D eigenvalue weighted by molar-refractivity contribution is 5.94. The standard InChI is InChI=1S/C14H15NO2/c1-10-3-5-12(6-4-10)14(16)15-9-13-11(2)7-8-17-13/h3-8H,9H2,1-2H3,(H,15,16). The third-order valence-corrected chi connectivity index (χ3v) is 2.69. The van der Waals surface area contributed by atoms with Gasteiger partial charge in [-0.05, 0) is 37.6 Å². The molecule has 0 saturated carbocycles. The molecule has 17 heavy (non-hydrogen) atoms. The van der Waals surface area contributed by atoms with Crippen LogP contribution in [0, 0.1) is 13.8 Å². The monoisotopic (exact) mass is 229 g/mol. The summed E-state index contributed by atoms with van der Waals surface area (Å²) in [6.45, 7) is 4.37. The Bertz CT molecular complexity index is 511. The second-order valence-corrected chi connectivity index (χ2v) is 4.08. The molecule has 88 valence electrons. The van der Waals surface area contributed by atoms with Gasteiger partial charge in [-0.25, -0.2) is 0 Å². The number of rotatable bonds is 3. The highest BCUT2D eigenvalue weighted by Crippen LogP contribution is 2.09. The number of hydrogen-bond acceptors (Lipinski definition) is 2. The Balaban J connectivity index is 1.98. The number of carbonyl (C=O) groups is 1. The number of carbonyl (C=O) groups excluding carboxylic acids is 1. The molecule has 0 bridgehead atoms. The molecule has 3 nitrogen and oxygen atoms in total. The number of hydrogen-bond donors (Lipinski definition) is 1. The minimum absolute atomic E-state index is 0.0826. The van der Waals surface area contributed by atoms with Crippen LogP contribution in [0.4, 0.5) is 0 Å². The van der Waals surface area contributed by atoms with Gasteiger partial charge in [0.2, 0.25) is 0 Å². The van der Waals surface area contributed by atoms with Gasteiger partial charge in [0, 0.05) is 5.56 Å². The van der Waals surface area contributed by atoms with E-state index < -0.39 is 0 Å². The zero-order valence-electron chi connectivity index (χ0n) is 9.99. The number of furan rings is 1. The van der Waals surface area contributed by atoms with Crippen molar-refractivity contribution in [1.82, 2.24) is 5.32 Å². The van der Waals surface area contributed by atoms with Gasteiger partial charge >= 0.3 is 0 Å². The quantitative estimate of drug-likeness (QED) is 0.879. The average molecular weight is 229 g/mol. The maximum absolute atomic E-state index is 11.8. The molecule has 1 amide bonds. The van der Waals surface area contributed by atoms with E-state index in [1.54, 1.807) is 6.26 Å². The maximum Gasteiger partial charge on any atom is 0.251 e. The molecule has 1 aromatic heterocycles. The highest BCUT2D eigenvalue weighted by Gasteiger charge is 2.07. The van der Waals surface area contributed by atoms with E-state index in [0.29, 0.717) is 12.1 Å². The summed E-state index contributed by atoms with van der Waals surface area (Å²) >= 11 is 0. The summed E-state index contributed by atoms with van der Waals surface area (Å²) in [6.07, 6.45) is 1.63. The molecule has 0 atom stereocenters. The summed E-state index contributed by atoms with van der Waals surface area (Å²) in [7, 11) is 0. The third kappa shape index (κ3) is 2.75. The Morgan fingerprint density at radius 3 is 2.47 bits per heavy atom. The van der Waals surface area contributed by atoms with Gasteiger partial charge in [-0.1, -0.05) is 17.7 Å². The van der Waals surface area contributed by atoms with Gasteiger partial charge in [0.05, 0.1) is 12.8 Å². The molecule has 0 saturated heterocycles. The van der Waals surface area contributed by atoms with Gasteiger partial charge in [-0.15, -0.1) is 0 Å². The van der Waals surface area contributed by atoms with Gasteiger partial charge in [-0.3, -0.25) is 4.79 Å². The fraction of sp³-hybridized carbons (Fsp3) is 0.214. The number of benzene rings is 1. The first-order valence-electron chi connectivity index (χ1n) is 5.54. The van der Waals surface area contributed by atoms with E-state index in [2.05, 4.69) is 5.32 Å². The molecule has 0 fully saturated rings. The molecule has 2 rings (SSSR count). The number of amides is 1. The summed E-state index contributed by atoms with van der Waals surface area (Å²) < 4.78 is 5.25. The molecule has 0 spiro atoms. The Morgan fingerprint density at radius 2 is 1.88 bits per heavy atom. The molecule has 0 unspecified atom stereocenters. The lowest BCUT2D eigenvalue weighted by atomic mass is 10.1. The Labute approximate surface area is 100 Å². The van der Waals surface area contributed by atoms with Gasteiger partial charge in [0.15, 0.2) is 0 Å². The fourth-order valence-electron chi connectivity index (χ4n) is 1.55. The van der Waals surface area contributed by atoms with Crippen molar-refractivity contribution in [3.63, 3.8) is 0 Å². The van der Waals surface area contributed by atoms with Crippen LogP contribution in [0.15, 0.2) is 41.0 Å². The lowest BCUT2D eigenvalue weighted by Gasteiger charge is -2.04. The molecule has 1 N–H and O–H groups in total. The molecular weight excluding hydrogens is 214 g/mol. The Hall–Kier alpha value is -2.03. The number of aryl methyl sites for hydroxylation is 2. The smallest absolute Gasteiger partial charge is 0.251 e.